The van der Waals surface area contributed by atoms with Gasteiger partial charge in [0.2, 0.25) is 11.8 Å². The van der Waals surface area contributed by atoms with Crippen molar-refractivity contribution >= 4 is 11.9 Å². The summed E-state index contributed by atoms with van der Waals surface area (Å²) in [6.07, 6.45) is 2.19. The number of aromatic nitrogens is 2. The van der Waals surface area contributed by atoms with Gasteiger partial charge in [0.1, 0.15) is 0 Å². The fourth-order valence-corrected chi connectivity index (χ4v) is 1.86. The van der Waals surface area contributed by atoms with Crippen molar-refractivity contribution in [1.82, 2.24) is 20.4 Å². The molecule has 1 aromatic rings. The number of amides is 1. The minimum atomic E-state index is 0.0823. The fourth-order valence-electron chi connectivity index (χ4n) is 1.86. The first-order valence-corrected chi connectivity index (χ1v) is 6.34. The highest BCUT2D eigenvalue weighted by Gasteiger charge is 2.18. The van der Waals surface area contributed by atoms with E-state index in [1.165, 1.54) is 0 Å². The summed E-state index contributed by atoms with van der Waals surface area (Å²) in [4.78, 5) is 13.6. The Labute approximate surface area is 106 Å². The third-order valence-electron chi connectivity index (χ3n) is 2.84. The molecule has 18 heavy (non-hydrogen) atoms. The maximum atomic E-state index is 11.8. The van der Waals surface area contributed by atoms with Crippen molar-refractivity contribution in [2.24, 2.45) is 0 Å². The third kappa shape index (κ3) is 3.43. The minimum Gasteiger partial charge on any atom is -0.407 e. The predicted octanol–water partition coefficient (Wildman–Crippen LogP) is 0.213. The Bertz CT molecular complexity index is 387. The molecule has 0 spiro atoms. The number of hydrogen-bond donors (Lipinski definition) is 2. The molecule has 2 rings (SSSR count). The summed E-state index contributed by atoms with van der Waals surface area (Å²) in [7, 11) is 0. The summed E-state index contributed by atoms with van der Waals surface area (Å²) < 4.78 is 5.33. The second kappa shape index (κ2) is 6.34. The van der Waals surface area contributed by atoms with Crippen LogP contribution in [0.25, 0.3) is 0 Å². The first kappa shape index (κ1) is 12.8. The van der Waals surface area contributed by atoms with E-state index >= 15 is 0 Å². The monoisotopic (exact) mass is 253 g/mol. The van der Waals surface area contributed by atoms with Crippen molar-refractivity contribution in [2.75, 3.05) is 31.5 Å². The number of carbonyl (C=O) groups excluding carboxylic acids is 1. The Morgan fingerprint density at radius 3 is 2.89 bits per heavy atom. The van der Waals surface area contributed by atoms with E-state index in [-0.39, 0.29) is 12.5 Å². The van der Waals surface area contributed by atoms with Crippen LogP contribution in [0.1, 0.15) is 25.7 Å². The van der Waals surface area contributed by atoms with Crippen molar-refractivity contribution in [3.05, 3.63) is 5.89 Å². The van der Waals surface area contributed by atoms with Crippen LogP contribution < -0.4 is 10.6 Å². The fraction of sp³-hybridized carbons (Fsp3) is 0.727. The van der Waals surface area contributed by atoms with Crippen LogP contribution in [0.3, 0.4) is 0 Å². The Hall–Kier alpha value is -1.63. The van der Waals surface area contributed by atoms with Crippen LogP contribution in [0.2, 0.25) is 0 Å². The second-order valence-electron chi connectivity index (χ2n) is 4.22. The van der Waals surface area contributed by atoms with Gasteiger partial charge in [-0.15, -0.1) is 5.10 Å². The first-order chi connectivity index (χ1) is 8.79. The number of carbonyl (C=O) groups is 1. The Morgan fingerprint density at radius 2 is 2.17 bits per heavy atom. The van der Waals surface area contributed by atoms with Crippen LogP contribution in [-0.4, -0.2) is 47.2 Å². The van der Waals surface area contributed by atoms with Gasteiger partial charge in [-0.1, -0.05) is 12.0 Å². The average Bonchev–Trinajstić information content (AvgIpc) is 3.04. The van der Waals surface area contributed by atoms with Gasteiger partial charge < -0.3 is 20.0 Å². The van der Waals surface area contributed by atoms with E-state index in [1.807, 2.05) is 11.8 Å². The summed E-state index contributed by atoms with van der Waals surface area (Å²) in [5, 5.41) is 13.6. The number of hydrogen-bond acceptors (Lipinski definition) is 6. The average molecular weight is 253 g/mol. The summed E-state index contributed by atoms with van der Waals surface area (Å²) in [5.41, 5.74) is 0. The van der Waals surface area contributed by atoms with Gasteiger partial charge in [0, 0.05) is 13.1 Å². The maximum Gasteiger partial charge on any atom is 0.315 e. The molecule has 100 valence electrons. The molecular weight excluding hydrogens is 234 g/mol. The molecule has 0 saturated carbocycles. The number of rotatable bonds is 6. The van der Waals surface area contributed by atoms with Gasteiger partial charge in [0.05, 0.1) is 13.1 Å². The first-order valence-electron chi connectivity index (χ1n) is 6.34. The molecule has 0 atom stereocenters. The Kier molecular flexibility index (Phi) is 4.52. The van der Waals surface area contributed by atoms with Crippen LogP contribution in [0, 0.1) is 0 Å². The highest BCUT2D eigenvalue weighted by molar-refractivity contribution is 5.80. The smallest absolute Gasteiger partial charge is 0.315 e. The molecule has 0 unspecified atom stereocenters. The lowest BCUT2D eigenvalue weighted by Gasteiger charge is -2.14. The van der Waals surface area contributed by atoms with Crippen LogP contribution in [0.5, 0.6) is 0 Å². The molecule has 1 fully saturated rings. The van der Waals surface area contributed by atoms with Gasteiger partial charge in [-0.2, -0.15) is 0 Å². The summed E-state index contributed by atoms with van der Waals surface area (Å²) in [6.45, 7) is 5.32. The van der Waals surface area contributed by atoms with Crippen LogP contribution in [0.4, 0.5) is 6.01 Å². The van der Waals surface area contributed by atoms with Crippen molar-refractivity contribution in [3.63, 3.8) is 0 Å². The zero-order valence-electron chi connectivity index (χ0n) is 10.6. The molecule has 0 aliphatic carbocycles. The van der Waals surface area contributed by atoms with Gasteiger partial charge in [-0.25, -0.2) is 0 Å². The lowest BCUT2D eigenvalue weighted by atomic mass is 10.4. The lowest BCUT2D eigenvalue weighted by Crippen LogP contribution is -2.33. The van der Waals surface area contributed by atoms with E-state index in [9.17, 15) is 4.79 Å². The number of likely N-dealkylation sites (tertiary alicyclic amines) is 1. The van der Waals surface area contributed by atoms with E-state index in [2.05, 4.69) is 20.8 Å². The van der Waals surface area contributed by atoms with Gasteiger partial charge in [0.25, 0.3) is 0 Å². The Morgan fingerprint density at radius 1 is 1.39 bits per heavy atom. The van der Waals surface area contributed by atoms with E-state index in [0.717, 1.165) is 32.5 Å². The summed E-state index contributed by atoms with van der Waals surface area (Å²) in [6, 6.07) is 0.301. The molecule has 2 N–H and O–H groups in total. The van der Waals surface area contributed by atoms with Crippen molar-refractivity contribution in [2.45, 2.75) is 26.3 Å². The molecular formula is C11H19N5O2. The van der Waals surface area contributed by atoms with E-state index in [4.69, 9.17) is 4.42 Å². The lowest BCUT2D eigenvalue weighted by molar-refractivity contribution is -0.128. The van der Waals surface area contributed by atoms with Crippen molar-refractivity contribution in [1.29, 1.82) is 0 Å². The van der Waals surface area contributed by atoms with E-state index in [1.54, 1.807) is 0 Å². The summed E-state index contributed by atoms with van der Waals surface area (Å²) in [5.74, 6) is 0.604. The standard InChI is InChI=1S/C11H19N5O2/c1-2-12-7-9-14-15-11(18-9)13-8-10(17)16-5-3-4-6-16/h12H,2-8H2,1H3,(H,13,15). The molecule has 1 aliphatic rings. The number of nitrogens with one attached hydrogen (secondary N) is 2. The molecule has 0 aromatic carbocycles. The van der Waals surface area contributed by atoms with Crippen molar-refractivity contribution < 1.29 is 9.21 Å². The predicted molar refractivity (Wildman–Crippen MR) is 66.0 cm³/mol. The van der Waals surface area contributed by atoms with Gasteiger partial charge in [-0.05, 0) is 19.4 Å². The van der Waals surface area contributed by atoms with E-state index < -0.39 is 0 Å². The van der Waals surface area contributed by atoms with Crippen molar-refractivity contribution in [3.8, 4) is 0 Å². The molecule has 1 saturated heterocycles. The normalized spacial score (nSPS) is 15.1. The van der Waals surface area contributed by atoms with Gasteiger partial charge in [-0.3, -0.25) is 4.79 Å². The maximum absolute atomic E-state index is 11.8. The molecule has 1 aromatic heterocycles. The molecule has 7 heteroatoms. The molecule has 2 heterocycles. The number of nitrogens with zero attached hydrogens (tertiary/aromatic N) is 3. The zero-order chi connectivity index (χ0) is 12.8. The highest BCUT2D eigenvalue weighted by Crippen LogP contribution is 2.08. The minimum absolute atomic E-state index is 0.0823. The molecule has 1 amide bonds. The van der Waals surface area contributed by atoms with Crippen LogP contribution in [0.15, 0.2) is 4.42 Å². The topological polar surface area (TPSA) is 83.3 Å². The SMILES string of the molecule is CCNCc1nnc(NCC(=O)N2CCCC2)o1. The van der Waals surface area contributed by atoms with Crippen LogP contribution >= 0.6 is 0 Å². The van der Waals surface area contributed by atoms with Gasteiger partial charge >= 0.3 is 6.01 Å². The quantitative estimate of drug-likeness (QED) is 0.754. The zero-order valence-corrected chi connectivity index (χ0v) is 10.6. The Balaban J connectivity index is 1.75. The van der Waals surface area contributed by atoms with E-state index in [0.29, 0.717) is 18.5 Å². The highest BCUT2D eigenvalue weighted by atomic mass is 16.4. The molecule has 0 radical (unpaired) electrons. The summed E-state index contributed by atoms with van der Waals surface area (Å²) >= 11 is 0. The molecule has 1 aliphatic heterocycles. The molecule has 0 bridgehead atoms. The third-order valence-corrected chi connectivity index (χ3v) is 2.84. The van der Waals surface area contributed by atoms with Gasteiger partial charge in [0.15, 0.2) is 0 Å². The number of anilines is 1. The van der Waals surface area contributed by atoms with Crippen LogP contribution in [-0.2, 0) is 11.3 Å². The second-order valence-corrected chi connectivity index (χ2v) is 4.22. The largest absolute Gasteiger partial charge is 0.407 e. The molecule has 7 nitrogen and oxygen atoms in total.